The van der Waals surface area contributed by atoms with Gasteiger partial charge in [0.15, 0.2) is 6.54 Å². The first-order chi connectivity index (χ1) is 14.1. The molecule has 3 amide bonds. The molecule has 166 valence electrons. The lowest BCUT2D eigenvalue weighted by Gasteiger charge is -2.32. The maximum Gasteiger partial charge on any atom is 0.407 e. The number of hydrogen-bond donors (Lipinski definition) is 3. The van der Waals surface area contributed by atoms with Gasteiger partial charge >= 0.3 is 6.09 Å². The molecule has 30 heavy (non-hydrogen) atoms. The van der Waals surface area contributed by atoms with Gasteiger partial charge in [-0.25, -0.2) is 9.18 Å². The summed E-state index contributed by atoms with van der Waals surface area (Å²) in [6.07, 6.45) is 0.413. The van der Waals surface area contributed by atoms with E-state index >= 15 is 0 Å². The molecule has 1 aliphatic rings. The Labute approximate surface area is 176 Å². The van der Waals surface area contributed by atoms with Crippen molar-refractivity contribution in [3.8, 4) is 0 Å². The highest BCUT2D eigenvalue weighted by molar-refractivity contribution is 5.91. The SMILES string of the molecule is CC(C)(C)OC(=O)NCCCC(=O)N1CC[NH+](CC(=O)Nc2cccc(F)c2)CC1. The summed E-state index contributed by atoms with van der Waals surface area (Å²) in [4.78, 5) is 38.9. The lowest BCUT2D eigenvalue weighted by molar-refractivity contribution is -0.895. The Bertz CT molecular complexity index is 743. The topological polar surface area (TPSA) is 92.2 Å². The maximum atomic E-state index is 13.2. The molecule has 1 saturated heterocycles. The van der Waals surface area contributed by atoms with E-state index in [1.807, 2.05) is 0 Å². The molecule has 0 bridgehead atoms. The van der Waals surface area contributed by atoms with E-state index in [2.05, 4.69) is 10.6 Å². The number of nitrogens with one attached hydrogen (secondary N) is 3. The third-order valence-corrected chi connectivity index (χ3v) is 4.58. The number of alkyl carbamates (subject to hydrolysis) is 1. The molecular formula is C21H32FN4O4+. The largest absolute Gasteiger partial charge is 0.444 e. The van der Waals surface area contributed by atoms with Crippen molar-refractivity contribution in [2.24, 2.45) is 0 Å². The summed E-state index contributed by atoms with van der Waals surface area (Å²) < 4.78 is 18.3. The predicted octanol–water partition coefficient (Wildman–Crippen LogP) is 0.796. The van der Waals surface area contributed by atoms with Crippen molar-refractivity contribution in [2.45, 2.75) is 39.2 Å². The van der Waals surface area contributed by atoms with Gasteiger partial charge in [0.2, 0.25) is 5.91 Å². The minimum absolute atomic E-state index is 0.0456. The second-order valence-corrected chi connectivity index (χ2v) is 8.40. The second-order valence-electron chi connectivity index (χ2n) is 8.40. The van der Waals surface area contributed by atoms with Gasteiger partial charge < -0.3 is 25.2 Å². The number of ether oxygens (including phenoxy) is 1. The molecular weight excluding hydrogens is 391 g/mol. The van der Waals surface area contributed by atoms with Crippen molar-refractivity contribution in [1.82, 2.24) is 10.2 Å². The van der Waals surface area contributed by atoms with E-state index in [1.165, 1.54) is 12.1 Å². The normalized spacial score (nSPS) is 14.9. The smallest absolute Gasteiger partial charge is 0.407 e. The number of amides is 3. The molecule has 1 aromatic rings. The van der Waals surface area contributed by atoms with Crippen molar-refractivity contribution in [2.75, 3.05) is 44.6 Å². The van der Waals surface area contributed by atoms with Crippen molar-refractivity contribution >= 4 is 23.6 Å². The van der Waals surface area contributed by atoms with Crippen LogP contribution in [-0.4, -0.2) is 67.7 Å². The van der Waals surface area contributed by atoms with Crippen LogP contribution in [-0.2, 0) is 14.3 Å². The summed E-state index contributed by atoms with van der Waals surface area (Å²) in [5.74, 6) is -0.526. The molecule has 0 radical (unpaired) electrons. The number of carbonyl (C=O) groups is 3. The van der Waals surface area contributed by atoms with E-state index in [9.17, 15) is 18.8 Å². The number of rotatable bonds is 7. The van der Waals surface area contributed by atoms with Crippen LogP contribution < -0.4 is 15.5 Å². The van der Waals surface area contributed by atoms with Crippen molar-refractivity contribution in [3.63, 3.8) is 0 Å². The van der Waals surface area contributed by atoms with Gasteiger partial charge in [0.1, 0.15) is 11.4 Å². The number of piperazine rings is 1. The van der Waals surface area contributed by atoms with Crippen LogP contribution in [0.25, 0.3) is 0 Å². The lowest BCUT2D eigenvalue weighted by atomic mass is 10.2. The molecule has 8 nitrogen and oxygen atoms in total. The molecule has 0 unspecified atom stereocenters. The first kappa shape index (κ1) is 23.6. The average Bonchev–Trinajstić information content (AvgIpc) is 2.64. The Morgan fingerprint density at radius 1 is 1.20 bits per heavy atom. The zero-order valence-electron chi connectivity index (χ0n) is 17.9. The van der Waals surface area contributed by atoms with Crippen LogP contribution >= 0.6 is 0 Å². The van der Waals surface area contributed by atoms with E-state index in [4.69, 9.17) is 4.74 Å². The molecule has 3 N–H and O–H groups in total. The predicted molar refractivity (Wildman–Crippen MR) is 111 cm³/mol. The molecule has 1 heterocycles. The zero-order chi connectivity index (χ0) is 22.1. The summed E-state index contributed by atoms with van der Waals surface area (Å²) in [5, 5.41) is 5.34. The second kappa shape index (κ2) is 10.9. The number of anilines is 1. The molecule has 9 heteroatoms. The van der Waals surface area contributed by atoms with Gasteiger partial charge in [-0.1, -0.05) is 6.07 Å². The van der Waals surface area contributed by atoms with Gasteiger partial charge in [-0.15, -0.1) is 0 Å². The van der Waals surface area contributed by atoms with Crippen LogP contribution in [0, 0.1) is 5.82 Å². The Kier molecular flexibility index (Phi) is 8.58. The van der Waals surface area contributed by atoms with Gasteiger partial charge in [0, 0.05) is 18.7 Å². The first-order valence-electron chi connectivity index (χ1n) is 10.3. The van der Waals surface area contributed by atoms with Crippen molar-refractivity contribution < 1.29 is 28.4 Å². The molecule has 0 aliphatic carbocycles. The first-order valence-corrected chi connectivity index (χ1v) is 10.3. The Balaban J connectivity index is 1.62. The third kappa shape index (κ3) is 8.77. The van der Waals surface area contributed by atoms with Crippen LogP contribution in [0.1, 0.15) is 33.6 Å². The number of benzene rings is 1. The fraction of sp³-hybridized carbons (Fsp3) is 0.571. The minimum atomic E-state index is -0.546. The summed E-state index contributed by atoms with van der Waals surface area (Å²) in [6.45, 7) is 8.57. The number of nitrogens with zero attached hydrogens (tertiary/aromatic N) is 1. The van der Waals surface area contributed by atoms with E-state index in [1.54, 1.807) is 37.8 Å². The monoisotopic (exact) mass is 423 g/mol. The summed E-state index contributed by atoms with van der Waals surface area (Å²) in [5.41, 5.74) is -0.107. The summed E-state index contributed by atoms with van der Waals surface area (Å²) in [7, 11) is 0. The number of quaternary nitrogens is 1. The van der Waals surface area contributed by atoms with E-state index < -0.39 is 17.5 Å². The maximum absolute atomic E-state index is 13.2. The molecule has 0 spiro atoms. The van der Waals surface area contributed by atoms with Crippen LogP contribution in [0.5, 0.6) is 0 Å². The Morgan fingerprint density at radius 3 is 2.53 bits per heavy atom. The minimum Gasteiger partial charge on any atom is -0.444 e. The highest BCUT2D eigenvalue weighted by atomic mass is 19.1. The van der Waals surface area contributed by atoms with Crippen LogP contribution in [0.2, 0.25) is 0 Å². The summed E-state index contributed by atoms with van der Waals surface area (Å²) in [6, 6.07) is 5.79. The lowest BCUT2D eigenvalue weighted by Crippen LogP contribution is -3.15. The molecule has 1 fully saturated rings. The van der Waals surface area contributed by atoms with Gasteiger partial charge in [0.05, 0.1) is 26.2 Å². The van der Waals surface area contributed by atoms with Gasteiger partial charge in [-0.05, 0) is 45.4 Å². The standard InChI is InChI=1S/C21H31FN4O4/c1-21(2,3)30-20(29)23-9-5-8-19(28)26-12-10-25(11-13-26)15-18(27)24-17-7-4-6-16(22)14-17/h4,6-7,14H,5,8-13,15H2,1-3H3,(H,23,29)(H,24,27)/p+1. The van der Waals surface area contributed by atoms with Crippen LogP contribution in [0.4, 0.5) is 14.9 Å². The van der Waals surface area contributed by atoms with E-state index in [0.29, 0.717) is 51.3 Å². The third-order valence-electron chi connectivity index (χ3n) is 4.58. The van der Waals surface area contributed by atoms with Crippen LogP contribution in [0.15, 0.2) is 24.3 Å². The number of carbonyl (C=O) groups excluding carboxylic acids is 3. The molecule has 0 saturated carbocycles. The highest BCUT2D eigenvalue weighted by Crippen LogP contribution is 2.08. The fourth-order valence-electron chi connectivity index (χ4n) is 3.15. The van der Waals surface area contributed by atoms with Gasteiger partial charge in [0.25, 0.3) is 5.91 Å². The van der Waals surface area contributed by atoms with E-state index in [-0.39, 0.29) is 18.4 Å². The van der Waals surface area contributed by atoms with Gasteiger partial charge in [-0.2, -0.15) is 0 Å². The Morgan fingerprint density at radius 2 is 1.90 bits per heavy atom. The number of halogens is 1. The van der Waals surface area contributed by atoms with Crippen LogP contribution in [0.3, 0.4) is 0 Å². The molecule has 0 atom stereocenters. The van der Waals surface area contributed by atoms with Gasteiger partial charge in [-0.3, -0.25) is 9.59 Å². The van der Waals surface area contributed by atoms with Crippen molar-refractivity contribution in [3.05, 3.63) is 30.1 Å². The molecule has 2 rings (SSSR count). The van der Waals surface area contributed by atoms with E-state index in [0.717, 1.165) is 4.90 Å². The molecule has 1 aromatic carbocycles. The zero-order valence-corrected chi connectivity index (χ0v) is 17.9. The fourth-order valence-corrected chi connectivity index (χ4v) is 3.15. The van der Waals surface area contributed by atoms with Crippen molar-refractivity contribution in [1.29, 1.82) is 0 Å². The molecule has 0 aromatic heterocycles. The highest BCUT2D eigenvalue weighted by Gasteiger charge is 2.25. The molecule has 1 aliphatic heterocycles. The number of hydrogen-bond acceptors (Lipinski definition) is 4. The average molecular weight is 424 g/mol. The summed E-state index contributed by atoms with van der Waals surface area (Å²) >= 11 is 0. The quantitative estimate of drug-likeness (QED) is 0.566. The Hall–Kier alpha value is -2.68.